The largest absolute Gasteiger partial charge is 0.492 e. The summed E-state index contributed by atoms with van der Waals surface area (Å²) in [6.45, 7) is 0.758. The van der Waals surface area contributed by atoms with E-state index in [0.717, 1.165) is 12.1 Å². The number of carbonyl (C=O) groups is 1. The Morgan fingerprint density at radius 2 is 1.95 bits per heavy atom. The van der Waals surface area contributed by atoms with Gasteiger partial charge in [-0.3, -0.25) is 0 Å². The van der Waals surface area contributed by atoms with Crippen LogP contribution >= 0.6 is 0 Å². The number of hydrogen-bond donors (Lipinski definition) is 3. The van der Waals surface area contributed by atoms with Gasteiger partial charge in [0, 0.05) is 19.2 Å². The van der Waals surface area contributed by atoms with Crippen molar-refractivity contribution >= 4 is 6.03 Å². The summed E-state index contributed by atoms with van der Waals surface area (Å²) in [5.74, 6) is -1.72. The maximum absolute atomic E-state index is 12.8. The van der Waals surface area contributed by atoms with Crippen molar-refractivity contribution in [2.45, 2.75) is 6.42 Å². The highest BCUT2D eigenvalue weighted by molar-refractivity contribution is 5.73. The van der Waals surface area contributed by atoms with E-state index in [1.54, 1.807) is 0 Å². The second-order valence-corrected chi connectivity index (χ2v) is 3.68. The van der Waals surface area contributed by atoms with E-state index in [0.29, 0.717) is 13.0 Å². The normalized spacial score (nSPS) is 10.1. The van der Waals surface area contributed by atoms with E-state index in [9.17, 15) is 13.6 Å². The molecule has 2 amide bonds. The molecule has 0 aliphatic heterocycles. The summed E-state index contributed by atoms with van der Waals surface area (Å²) in [6.07, 6.45) is 0.485. The summed E-state index contributed by atoms with van der Waals surface area (Å²) in [7, 11) is 0. The fourth-order valence-corrected chi connectivity index (χ4v) is 1.24. The molecule has 0 bridgehead atoms. The van der Waals surface area contributed by atoms with Crippen LogP contribution < -0.4 is 15.4 Å². The van der Waals surface area contributed by atoms with Crippen LogP contribution in [0, 0.1) is 11.6 Å². The van der Waals surface area contributed by atoms with Gasteiger partial charge in [-0.15, -0.1) is 0 Å². The third-order valence-electron chi connectivity index (χ3n) is 2.17. The molecule has 0 aliphatic carbocycles. The number of rotatable bonds is 7. The molecule has 106 valence electrons. The second-order valence-electron chi connectivity index (χ2n) is 3.68. The van der Waals surface area contributed by atoms with Gasteiger partial charge in [-0.2, -0.15) is 0 Å². The van der Waals surface area contributed by atoms with Crippen molar-refractivity contribution in [3.63, 3.8) is 0 Å². The first kappa shape index (κ1) is 15.2. The summed E-state index contributed by atoms with van der Waals surface area (Å²) in [5, 5.41) is 13.5. The first-order chi connectivity index (χ1) is 9.13. The molecule has 0 saturated carbocycles. The number of ether oxygens (including phenoxy) is 1. The van der Waals surface area contributed by atoms with Gasteiger partial charge >= 0.3 is 6.03 Å². The molecule has 5 nitrogen and oxygen atoms in total. The minimum Gasteiger partial charge on any atom is -0.492 e. The van der Waals surface area contributed by atoms with Crippen molar-refractivity contribution in [2.24, 2.45) is 0 Å². The topological polar surface area (TPSA) is 70.6 Å². The third-order valence-corrected chi connectivity index (χ3v) is 2.17. The summed E-state index contributed by atoms with van der Waals surface area (Å²) in [4.78, 5) is 11.2. The van der Waals surface area contributed by atoms with Gasteiger partial charge < -0.3 is 20.5 Å². The average molecular weight is 274 g/mol. The number of carbonyl (C=O) groups excluding carboxylic acids is 1. The van der Waals surface area contributed by atoms with Crippen molar-refractivity contribution in [3.05, 3.63) is 29.8 Å². The highest BCUT2D eigenvalue weighted by atomic mass is 19.2. The van der Waals surface area contributed by atoms with Crippen molar-refractivity contribution < 1.29 is 23.4 Å². The number of halogens is 2. The monoisotopic (exact) mass is 274 g/mol. The molecule has 1 rings (SSSR count). The SMILES string of the molecule is O=C(NCCCO)NCCOc1ccc(F)c(F)c1. The second kappa shape index (κ2) is 8.25. The summed E-state index contributed by atoms with van der Waals surface area (Å²) < 4.78 is 30.6. The standard InChI is InChI=1S/C12H16F2N2O3/c13-10-3-2-9(8-11(10)14)19-7-5-16-12(18)15-4-1-6-17/h2-3,8,17H,1,4-7H2,(H2,15,16,18). The van der Waals surface area contributed by atoms with E-state index in [1.165, 1.54) is 6.07 Å². The van der Waals surface area contributed by atoms with Gasteiger partial charge in [0.2, 0.25) is 0 Å². The van der Waals surface area contributed by atoms with Gasteiger partial charge in [0.05, 0.1) is 6.54 Å². The Kier molecular flexibility index (Phi) is 6.59. The highest BCUT2D eigenvalue weighted by Gasteiger charge is 2.03. The lowest BCUT2D eigenvalue weighted by atomic mass is 10.3. The molecule has 0 fully saturated rings. The maximum Gasteiger partial charge on any atom is 0.314 e. The molecule has 0 aromatic heterocycles. The van der Waals surface area contributed by atoms with Gasteiger partial charge in [0.25, 0.3) is 0 Å². The van der Waals surface area contributed by atoms with Crippen LogP contribution in [-0.4, -0.2) is 37.4 Å². The van der Waals surface area contributed by atoms with Crippen LogP contribution in [0.25, 0.3) is 0 Å². The Morgan fingerprint density at radius 3 is 2.63 bits per heavy atom. The Morgan fingerprint density at radius 1 is 1.21 bits per heavy atom. The average Bonchev–Trinajstić information content (AvgIpc) is 2.39. The Labute approximate surface area is 109 Å². The van der Waals surface area contributed by atoms with Gasteiger partial charge in [-0.05, 0) is 18.6 Å². The predicted molar refractivity (Wildman–Crippen MR) is 65.0 cm³/mol. The highest BCUT2D eigenvalue weighted by Crippen LogP contribution is 2.14. The minimum atomic E-state index is -0.979. The zero-order chi connectivity index (χ0) is 14.1. The molecule has 1 aromatic rings. The lowest BCUT2D eigenvalue weighted by Crippen LogP contribution is -2.38. The molecule has 0 saturated heterocycles. The first-order valence-electron chi connectivity index (χ1n) is 5.84. The molecular weight excluding hydrogens is 258 g/mol. The third kappa shape index (κ3) is 6.01. The van der Waals surface area contributed by atoms with E-state index in [-0.39, 0.29) is 31.5 Å². The van der Waals surface area contributed by atoms with Crippen LogP contribution in [-0.2, 0) is 0 Å². The van der Waals surface area contributed by atoms with Crippen LogP contribution in [0.3, 0.4) is 0 Å². The fourth-order valence-electron chi connectivity index (χ4n) is 1.24. The van der Waals surface area contributed by atoms with Gasteiger partial charge in [0.15, 0.2) is 11.6 Å². The molecule has 0 spiro atoms. The molecule has 0 unspecified atom stereocenters. The van der Waals surface area contributed by atoms with E-state index in [1.807, 2.05) is 0 Å². The zero-order valence-electron chi connectivity index (χ0n) is 10.3. The van der Waals surface area contributed by atoms with Gasteiger partial charge in [-0.1, -0.05) is 0 Å². The number of urea groups is 1. The Balaban J connectivity index is 2.16. The number of hydrogen-bond acceptors (Lipinski definition) is 3. The van der Waals surface area contributed by atoms with E-state index >= 15 is 0 Å². The molecule has 19 heavy (non-hydrogen) atoms. The number of benzene rings is 1. The fraction of sp³-hybridized carbons (Fsp3) is 0.417. The molecule has 0 aliphatic rings. The first-order valence-corrected chi connectivity index (χ1v) is 5.84. The van der Waals surface area contributed by atoms with Crippen molar-refractivity contribution in [2.75, 3.05) is 26.3 Å². The zero-order valence-corrected chi connectivity index (χ0v) is 10.3. The van der Waals surface area contributed by atoms with Crippen molar-refractivity contribution in [3.8, 4) is 5.75 Å². The summed E-state index contributed by atoms with van der Waals surface area (Å²) in [5.41, 5.74) is 0. The summed E-state index contributed by atoms with van der Waals surface area (Å²) >= 11 is 0. The van der Waals surface area contributed by atoms with Gasteiger partial charge in [-0.25, -0.2) is 13.6 Å². The molecular formula is C12H16F2N2O3. The maximum atomic E-state index is 12.8. The Hall–Kier alpha value is -1.89. The van der Waals surface area contributed by atoms with Crippen LogP contribution in [0.5, 0.6) is 5.75 Å². The lowest BCUT2D eigenvalue weighted by molar-refractivity contribution is 0.234. The van der Waals surface area contributed by atoms with E-state index < -0.39 is 11.6 Å². The van der Waals surface area contributed by atoms with Crippen molar-refractivity contribution in [1.29, 1.82) is 0 Å². The number of amides is 2. The molecule has 3 N–H and O–H groups in total. The van der Waals surface area contributed by atoms with Crippen molar-refractivity contribution in [1.82, 2.24) is 10.6 Å². The molecule has 7 heteroatoms. The van der Waals surface area contributed by atoms with Gasteiger partial charge in [0.1, 0.15) is 12.4 Å². The number of aliphatic hydroxyl groups is 1. The van der Waals surface area contributed by atoms with Crippen LogP contribution in [0.4, 0.5) is 13.6 Å². The molecule has 0 radical (unpaired) electrons. The number of aliphatic hydroxyl groups excluding tert-OH is 1. The lowest BCUT2D eigenvalue weighted by Gasteiger charge is -2.08. The number of nitrogens with one attached hydrogen (secondary N) is 2. The smallest absolute Gasteiger partial charge is 0.314 e. The molecule has 0 atom stereocenters. The summed E-state index contributed by atoms with van der Waals surface area (Å²) in [6, 6.07) is 2.85. The minimum absolute atomic E-state index is 0.0134. The van der Waals surface area contributed by atoms with Crippen LogP contribution in [0.15, 0.2) is 18.2 Å². The predicted octanol–water partition coefficient (Wildman–Crippen LogP) is 1.03. The van der Waals surface area contributed by atoms with E-state index in [2.05, 4.69) is 10.6 Å². The Bertz CT molecular complexity index is 416. The van der Waals surface area contributed by atoms with Crippen LogP contribution in [0.1, 0.15) is 6.42 Å². The molecule has 0 heterocycles. The van der Waals surface area contributed by atoms with E-state index in [4.69, 9.17) is 9.84 Å². The molecule has 1 aromatic carbocycles. The quantitative estimate of drug-likeness (QED) is 0.650. The van der Waals surface area contributed by atoms with Crippen LogP contribution in [0.2, 0.25) is 0 Å².